The van der Waals surface area contributed by atoms with Crippen molar-refractivity contribution in [3.8, 4) is 11.5 Å². The summed E-state index contributed by atoms with van der Waals surface area (Å²) in [6.07, 6.45) is 0. The van der Waals surface area contributed by atoms with Crippen LogP contribution in [0.25, 0.3) is 0 Å². The maximum atomic E-state index is 13.3. The molecule has 28 heavy (non-hydrogen) atoms. The first-order chi connectivity index (χ1) is 13.3. The lowest BCUT2D eigenvalue weighted by Gasteiger charge is -2.34. The topological polar surface area (TPSA) is 59.1 Å². The van der Waals surface area contributed by atoms with Gasteiger partial charge in [-0.05, 0) is 76.7 Å². The number of rotatable bonds is 9. The molecule has 2 aromatic rings. The molecule has 0 heterocycles. The Hall–Kier alpha value is -2.70. The van der Waals surface area contributed by atoms with E-state index in [4.69, 9.17) is 9.47 Å². The number of benzene rings is 2. The molecule has 0 spiro atoms. The normalized spacial score (nSPS) is 13.3. The zero-order valence-electron chi connectivity index (χ0n) is 17.3. The van der Waals surface area contributed by atoms with Crippen molar-refractivity contribution in [1.29, 1.82) is 0 Å². The van der Waals surface area contributed by atoms with Gasteiger partial charge < -0.3 is 9.47 Å². The van der Waals surface area contributed by atoms with Crippen LogP contribution >= 0.6 is 0 Å². The Kier molecular flexibility index (Phi) is 7.31. The summed E-state index contributed by atoms with van der Waals surface area (Å²) < 4.78 is 10.3. The number of hydrogen-bond acceptors (Lipinski definition) is 6. The highest BCUT2D eigenvalue weighted by atomic mass is 16.5. The van der Waals surface area contributed by atoms with Gasteiger partial charge in [0.05, 0.1) is 26.3 Å². The molecule has 0 saturated carbocycles. The molecule has 2 atom stereocenters. The Bertz CT molecular complexity index is 729. The number of hydrogen-bond donors (Lipinski definition) is 0. The van der Waals surface area contributed by atoms with Crippen LogP contribution in [0.3, 0.4) is 0 Å². The van der Waals surface area contributed by atoms with E-state index in [1.165, 1.54) is 0 Å². The van der Waals surface area contributed by atoms with Gasteiger partial charge in [0.25, 0.3) is 0 Å². The summed E-state index contributed by atoms with van der Waals surface area (Å²) in [6.45, 7) is 0. The van der Waals surface area contributed by atoms with E-state index in [-0.39, 0.29) is 11.6 Å². The third-order valence-electron chi connectivity index (χ3n) is 4.70. The quantitative estimate of drug-likeness (QED) is 0.620. The van der Waals surface area contributed by atoms with Gasteiger partial charge in [-0.3, -0.25) is 19.4 Å². The molecule has 2 rings (SSSR count). The minimum Gasteiger partial charge on any atom is -0.497 e. The molecular weight excluding hydrogens is 356 g/mol. The molecule has 0 amide bonds. The van der Waals surface area contributed by atoms with Gasteiger partial charge in [-0.15, -0.1) is 0 Å². The number of Topliss-reactive ketones (excluding diaryl/α,β-unsaturated/α-hetero) is 2. The van der Waals surface area contributed by atoms with Gasteiger partial charge in [0.15, 0.2) is 11.6 Å². The Morgan fingerprint density at radius 2 is 0.929 bits per heavy atom. The number of ketones is 2. The minimum atomic E-state index is -0.641. The minimum absolute atomic E-state index is 0.117. The average molecular weight is 384 g/mol. The van der Waals surface area contributed by atoms with E-state index >= 15 is 0 Å². The van der Waals surface area contributed by atoms with Crippen LogP contribution in [0.5, 0.6) is 11.5 Å². The van der Waals surface area contributed by atoms with Crippen LogP contribution in [0.4, 0.5) is 0 Å². The lowest BCUT2D eigenvalue weighted by atomic mass is 9.90. The van der Waals surface area contributed by atoms with E-state index in [9.17, 15) is 9.59 Å². The van der Waals surface area contributed by atoms with E-state index in [1.54, 1.807) is 72.6 Å². The van der Waals surface area contributed by atoms with E-state index in [2.05, 4.69) is 0 Å². The number of methoxy groups -OCH3 is 2. The smallest absolute Gasteiger partial charge is 0.182 e. The van der Waals surface area contributed by atoms with Crippen LogP contribution in [-0.4, -0.2) is 75.9 Å². The van der Waals surface area contributed by atoms with Crippen LogP contribution < -0.4 is 9.47 Å². The van der Waals surface area contributed by atoms with Crippen LogP contribution in [0.1, 0.15) is 20.7 Å². The maximum absolute atomic E-state index is 13.3. The fourth-order valence-corrected chi connectivity index (χ4v) is 3.17. The van der Waals surface area contributed by atoms with E-state index in [1.807, 2.05) is 28.2 Å². The predicted octanol–water partition coefficient (Wildman–Crippen LogP) is 2.63. The second-order valence-corrected chi connectivity index (χ2v) is 7.00. The maximum Gasteiger partial charge on any atom is 0.182 e. The van der Waals surface area contributed by atoms with Gasteiger partial charge in [-0.25, -0.2) is 0 Å². The molecule has 0 aliphatic heterocycles. The first-order valence-corrected chi connectivity index (χ1v) is 8.99. The molecule has 150 valence electrons. The molecule has 6 heteroatoms. The number of carbonyl (C=O) groups excluding carboxylic acids is 2. The molecule has 0 saturated heterocycles. The van der Waals surface area contributed by atoms with Crippen molar-refractivity contribution in [3.63, 3.8) is 0 Å². The Balaban J connectivity index is 2.39. The van der Waals surface area contributed by atoms with Crippen molar-refractivity contribution in [2.45, 2.75) is 12.1 Å². The van der Waals surface area contributed by atoms with Gasteiger partial charge in [-0.2, -0.15) is 0 Å². The summed E-state index contributed by atoms with van der Waals surface area (Å²) in [5.41, 5.74) is 1.07. The lowest BCUT2D eigenvalue weighted by Crippen LogP contribution is -2.55. The van der Waals surface area contributed by atoms with E-state index in [0.717, 1.165) is 0 Å². The molecule has 0 radical (unpaired) electrons. The van der Waals surface area contributed by atoms with Crippen LogP contribution in [0.2, 0.25) is 0 Å². The van der Waals surface area contributed by atoms with Gasteiger partial charge in [-0.1, -0.05) is 0 Å². The Labute approximate surface area is 166 Å². The number of nitrogens with zero attached hydrogens (tertiary/aromatic N) is 2. The molecular formula is C22H28N2O4. The lowest BCUT2D eigenvalue weighted by molar-refractivity contribution is 0.0639. The highest BCUT2D eigenvalue weighted by molar-refractivity contribution is 6.08. The third kappa shape index (κ3) is 4.77. The molecule has 2 aromatic carbocycles. The largest absolute Gasteiger partial charge is 0.497 e. The first kappa shape index (κ1) is 21.6. The first-order valence-electron chi connectivity index (χ1n) is 8.99. The summed E-state index contributed by atoms with van der Waals surface area (Å²) in [5.74, 6) is 1.12. The molecule has 0 fully saturated rings. The zero-order valence-corrected chi connectivity index (χ0v) is 17.3. The summed E-state index contributed by atoms with van der Waals surface area (Å²) in [4.78, 5) is 30.2. The van der Waals surface area contributed by atoms with Crippen molar-refractivity contribution in [2.24, 2.45) is 0 Å². The molecule has 0 bridgehead atoms. The highest BCUT2D eigenvalue weighted by Crippen LogP contribution is 2.21. The fraction of sp³-hybridized carbons (Fsp3) is 0.364. The predicted molar refractivity (Wildman–Crippen MR) is 110 cm³/mol. The van der Waals surface area contributed by atoms with Crippen molar-refractivity contribution in [2.75, 3.05) is 42.4 Å². The van der Waals surface area contributed by atoms with E-state index < -0.39 is 12.1 Å². The van der Waals surface area contributed by atoms with Crippen molar-refractivity contribution < 1.29 is 19.1 Å². The average Bonchev–Trinajstić information content (AvgIpc) is 2.70. The zero-order chi connectivity index (χ0) is 20.8. The van der Waals surface area contributed by atoms with Crippen LogP contribution in [0.15, 0.2) is 48.5 Å². The fourth-order valence-electron chi connectivity index (χ4n) is 3.17. The van der Waals surface area contributed by atoms with Gasteiger partial charge in [0, 0.05) is 11.1 Å². The molecule has 0 aliphatic carbocycles. The number of ether oxygens (including phenoxy) is 2. The molecule has 0 unspecified atom stereocenters. The summed E-state index contributed by atoms with van der Waals surface area (Å²) in [6, 6.07) is 12.6. The molecule has 0 aliphatic rings. The highest BCUT2D eigenvalue weighted by Gasteiger charge is 2.37. The number of likely N-dealkylation sites (N-methyl/N-ethyl adjacent to an activating group) is 2. The van der Waals surface area contributed by atoms with Gasteiger partial charge in [0.1, 0.15) is 11.5 Å². The summed E-state index contributed by atoms with van der Waals surface area (Å²) in [7, 11) is 10.4. The third-order valence-corrected chi connectivity index (χ3v) is 4.70. The second kappa shape index (κ2) is 9.48. The summed E-state index contributed by atoms with van der Waals surface area (Å²) in [5, 5.41) is 0. The second-order valence-electron chi connectivity index (χ2n) is 7.00. The van der Waals surface area contributed by atoms with Gasteiger partial charge in [0.2, 0.25) is 0 Å². The van der Waals surface area contributed by atoms with Crippen molar-refractivity contribution >= 4 is 11.6 Å². The van der Waals surface area contributed by atoms with Crippen molar-refractivity contribution in [1.82, 2.24) is 9.80 Å². The van der Waals surface area contributed by atoms with E-state index in [0.29, 0.717) is 22.6 Å². The monoisotopic (exact) mass is 384 g/mol. The summed E-state index contributed by atoms with van der Waals surface area (Å²) >= 11 is 0. The van der Waals surface area contributed by atoms with Crippen LogP contribution in [0, 0.1) is 0 Å². The molecule has 0 aromatic heterocycles. The SMILES string of the molecule is COc1ccc(C(=O)[C@H]([C@H](C(=O)c2ccc(OC)cc2)N(C)C)N(C)C)cc1. The van der Waals surface area contributed by atoms with Crippen LogP contribution in [-0.2, 0) is 0 Å². The molecule has 0 N–H and O–H groups in total. The van der Waals surface area contributed by atoms with Gasteiger partial charge >= 0.3 is 0 Å². The Morgan fingerprint density at radius 1 is 0.643 bits per heavy atom. The number of carbonyl (C=O) groups is 2. The Morgan fingerprint density at radius 3 is 1.14 bits per heavy atom. The standard InChI is InChI=1S/C22H28N2O4/c1-23(2)19(21(25)15-7-11-17(27-5)12-8-15)20(24(3)4)22(26)16-9-13-18(28-6)14-10-16/h7-14,19-20H,1-6H3/t19-,20+. The van der Waals surface area contributed by atoms with Crippen molar-refractivity contribution in [3.05, 3.63) is 59.7 Å². The molecule has 6 nitrogen and oxygen atoms in total.